The number of nitrogens with zero attached hydrogens (tertiary/aromatic N) is 1. The molecule has 1 atom stereocenters. The van der Waals surface area contributed by atoms with Crippen LogP contribution in [0.3, 0.4) is 0 Å². The minimum absolute atomic E-state index is 0.354. The fourth-order valence-corrected chi connectivity index (χ4v) is 3.73. The van der Waals surface area contributed by atoms with Crippen molar-refractivity contribution < 1.29 is 0 Å². The molecule has 1 aromatic heterocycles. The first kappa shape index (κ1) is 13.6. The van der Waals surface area contributed by atoms with E-state index in [2.05, 4.69) is 54.6 Å². The van der Waals surface area contributed by atoms with Gasteiger partial charge in [-0.2, -0.15) is 0 Å². The summed E-state index contributed by atoms with van der Waals surface area (Å²) in [6, 6.07) is 7.08. The predicted molar refractivity (Wildman–Crippen MR) is 85.5 cm³/mol. The molecule has 0 saturated heterocycles. The summed E-state index contributed by atoms with van der Waals surface area (Å²) in [4.78, 5) is 5.86. The van der Waals surface area contributed by atoms with E-state index in [0.717, 1.165) is 30.2 Å². The zero-order valence-electron chi connectivity index (χ0n) is 12.3. The van der Waals surface area contributed by atoms with Crippen molar-refractivity contribution in [3.05, 3.63) is 44.9 Å². The van der Waals surface area contributed by atoms with Crippen LogP contribution in [0.25, 0.3) is 0 Å². The van der Waals surface area contributed by atoms with Gasteiger partial charge in [0.25, 0.3) is 0 Å². The molecule has 4 heteroatoms. The standard InChI is InChI=1S/C16H21N3S/c1-10(16-11(2)19-12(3)20-16)18-9-13-4-5-15-14(8-13)6-7-17-15/h4-5,8,10,17-18H,6-7,9H2,1-3H3. The van der Waals surface area contributed by atoms with Crippen molar-refractivity contribution in [2.24, 2.45) is 0 Å². The summed E-state index contributed by atoms with van der Waals surface area (Å²) in [6.07, 6.45) is 1.14. The van der Waals surface area contributed by atoms with Crippen LogP contribution in [0.15, 0.2) is 18.2 Å². The van der Waals surface area contributed by atoms with Crippen molar-refractivity contribution in [1.29, 1.82) is 0 Å². The minimum atomic E-state index is 0.354. The number of anilines is 1. The third-order valence-corrected chi connectivity index (χ3v) is 5.08. The van der Waals surface area contributed by atoms with Gasteiger partial charge in [0.15, 0.2) is 0 Å². The zero-order chi connectivity index (χ0) is 14.1. The summed E-state index contributed by atoms with van der Waals surface area (Å²) in [6.45, 7) is 8.36. The average Bonchev–Trinajstić information content (AvgIpc) is 3.01. The molecule has 0 saturated carbocycles. The van der Waals surface area contributed by atoms with Crippen LogP contribution in [0.1, 0.15) is 39.7 Å². The maximum absolute atomic E-state index is 4.50. The normalized spacial score (nSPS) is 14.9. The number of hydrogen-bond donors (Lipinski definition) is 2. The average molecular weight is 287 g/mol. The Balaban J connectivity index is 1.66. The second-order valence-electron chi connectivity index (χ2n) is 5.45. The summed E-state index contributed by atoms with van der Waals surface area (Å²) >= 11 is 1.79. The SMILES string of the molecule is Cc1nc(C)c(C(C)NCc2ccc3c(c2)CCN3)s1. The molecule has 106 valence electrons. The number of thiazole rings is 1. The van der Waals surface area contributed by atoms with Gasteiger partial charge in [-0.15, -0.1) is 11.3 Å². The van der Waals surface area contributed by atoms with Crippen molar-refractivity contribution in [2.75, 3.05) is 11.9 Å². The van der Waals surface area contributed by atoms with Crippen LogP contribution in [0.4, 0.5) is 5.69 Å². The molecule has 3 nitrogen and oxygen atoms in total. The lowest BCUT2D eigenvalue weighted by Gasteiger charge is -2.13. The topological polar surface area (TPSA) is 37.0 Å². The highest BCUT2D eigenvalue weighted by molar-refractivity contribution is 7.11. The molecule has 0 bridgehead atoms. The minimum Gasteiger partial charge on any atom is -0.384 e. The fraction of sp³-hybridized carbons (Fsp3) is 0.438. The van der Waals surface area contributed by atoms with Crippen molar-refractivity contribution in [3.63, 3.8) is 0 Å². The molecule has 1 aromatic carbocycles. The monoisotopic (exact) mass is 287 g/mol. The highest BCUT2D eigenvalue weighted by Gasteiger charge is 2.13. The Morgan fingerprint density at radius 2 is 2.25 bits per heavy atom. The van der Waals surface area contributed by atoms with Crippen LogP contribution in [-0.4, -0.2) is 11.5 Å². The molecular weight excluding hydrogens is 266 g/mol. The van der Waals surface area contributed by atoms with Gasteiger partial charge in [0, 0.05) is 29.7 Å². The fourth-order valence-electron chi connectivity index (χ4n) is 2.78. The van der Waals surface area contributed by atoms with Crippen molar-refractivity contribution >= 4 is 17.0 Å². The van der Waals surface area contributed by atoms with E-state index in [0.29, 0.717) is 6.04 Å². The van der Waals surface area contributed by atoms with E-state index in [-0.39, 0.29) is 0 Å². The molecule has 0 radical (unpaired) electrons. The van der Waals surface area contributed by atoms with E-state index in [4.69, 9.17) is 0 Å². The first-order valence-electron chi connectivity index (χ1n) is 7.16. The largest absolute Gasteiger partial charge is 0.384 e. The van der Waals surface area contributed by atoms with Gasteiger partial charge in [-0.25, -0.2) is 4.98 Å². The predicted octanol–water partition coefficient (Wildman–Crippen LogP) is 3.58. The Bertz CT molecular complexity index is 618. The number of nitrogens with one attached hydrogen (secondary N) is 2. The summed E-state index contributed by atoms with van der Waals surface area (Å²) in [5, 5.41) is 8.16. The summed E-state index contributed by atoms with van der Waals surface area (Å²) in [5.74, 6) is 0. The highest BCUT2D eigenvalue weighted by atomic mass is 32.1. The van der Waals surface area contributed by atoms with E-state index >= 15 is 0 Å². The first-order valence-corrected chi connectivity index (χ1v) is 7.98. The molecule has 0 amide bonds. The Labute approximate surface area is 124 Å². The van der Waals surface area contributed by atoms with Crippen molar-refractivity contribution in [1.82, 2.24) is 10.3 Å². The molecule has 2 N–H and O–H groups in total. The van der Waals surface area contributed by atoms with Crippen molar-refractivity contribution in [2.45, 2.75) is 39.8 Å². The number of aromatic nitrogens is 1. The van der Waals surface area contributed by atoms with Gasteiger partial charge in [-0.3, -0.25) is 0 Å². The highest BCUT2D eigenvalue weighted by Crippen LogP contribution is 2.26. The molecule has 1 aliphatic rings. The summed E-state index contributed by atoms with van der Waals surface area (Å²) < 4.78 is 0. The molecule has 0 aliphatic carbocycles. The summed E-state index contributed by atoms with van der Waals surface area (Å²) in [7, 11) is 0. The lowest BCUT2D eigenvalue weighted by molar-refractivity contribution is 0.579. The van der Waals surface area contributed by atoms with Gasteiger partial charge in [0.1, 0.15) is 0 Å². The van der Waals surface area contributed by atoms with Crippen LogP contribution in [0.2, 0.25) is 0 Å². The van der Waals surface area contributed by atoms with Crippen LogP contribution >= 0.6 is 11.3 Å². The van der Waals surface area contributed by atoms with E-state index < -0.39 is 0 Å². The number of aryl methyl sites for hydroxylation is 2. The second kappa shape index (κ2) is 5.54. The third kappa shape index (κ3) is 2.72. The lowest BCUT2D eigenvalue weighted by Crippen LogP contribution is -2.18. The number of hydrogen-bond acceptors (Lipinski definition) is 4. The molecule has 2 aromatic rings. The van der Waals surface area contributed by atoms with E-state index in [1.54, 1.807) is 11.3 Å². The van der Waals surface area contributed by atoms with E-state index in [1.807, 2.05) is 0 Å². The number of fused-ring (bicyclic) bond motifs is 1. The smallest absolute Gasteiger partial charge is 0.0900 e. The molecule has 1 aliphatic heterocycles. The van der Waals surface area contributed by atoms with E-state index in [1.165, 1.54) is 21.7 Å². The van der Waals surface area contributed by atoms with E-state index in [9.17, 15) is 0 Å². The Kier molecular flexibility index (Phi) is 3.76. The van der Waals surface area contributed by atoms with Crippen LogP contribution in [-0.2, 0) is 13.0 Å². The Morgan fingerprint density at radius 1 is 1.40 bits per heavy atom. The van der Waals surface area contributed by atoms with Crippen LogP contribution < -0.4 is 10.6 Å². The molecule has 2 heterocycles. The van der Waals surface area contributed by atoms with Gasteiger partial charge in [0.05, 0.1) is 10.7 Å². The molecule has 3 rings (SSSR count). The number of rotatable bonds is 4. The maximum Gasteiger partial charge on any atom is 0.0900 e. The summed E-state index contributed by atoms with van der Waals surface area (Å²) in [5.41, 5.74) is 5.27. The van der Waals surface area contributed by atoms with Gasteiger partial charge < -0.3 is 10.6 Å². The zero-order valence-corrected chi connectivity index (χ0v) is 13.1. The van der Waals surface area contributed by atoms with Gasteiger partial charge in [-0.1, -0.05) is 12.1 Å². The Morgan fingerprint density at radius 3 is 3.00 bits per heavy atom. The Hall–Kier alpha value is -1.39. The quantitative estimate of drug-likeness (QED) is 0.902. The van der Waals surface area contributed by atoms with Crippen LogP contribution in [0, 0.1) is 13.8 Å². The molecule has 0 fully saturated rings. The molecule has 20 heavy (non-hydrogen) atoms. The van der Waals surface area contributed by atoms with Crippen molar-refractivity contribution in [3.8, 4) is 0 Å². The number of benzene rings is 1. The second-order valence-corrected chi connectivity index (χ2v) is 6.69. The molecule has 1 unspecified atom stereocenters. The molecular formula is C16H21N3S. The first-order chi connectivity index (χ1) is 9.63. The third-order valence-electron chi connectivity index (χ3n) is 3.82. The van der Waals surface area contributed by atoms with Gasteiger partial charge in [0.2, 0.25) is 0 Å². The maximum atomic E-state index is 4.50. The van der Waals surface area contributed by atoms with Gasteiger partial charge in [-0.05, 0) is 44.4 Å². The van der Waals surface area contributed by atoms with Crippen LogP contribution in [0.5, 0.6) is 0 Å². The molecule has 0 spiro atoms. The lowest BCUT2D eigenvalue weighted by atomic mass is 10.1. The van der Waals surface area contributed by atoms with Gasteiger partial charge >= 0.3 is 0 Å².